The van der Waals surface area contributed by atoms with Crippen molar-refractivity contribution in [3.63, 3.8) is 0 Å². The Balaban J connectivity index is 2.42. The van der Waals surface area contributed by atoms with Gasteiger partial charge >= 0.3 is 5.97 Å². The second-order valence-electron chi connectivity index (χ2n) is 3.66. The maximum absolute atomic E-state index is 11.2. The summed E-state index contributed by atoms with van der Waals surface area (Å²) in [6.07, 6.45) is 2.30. The Kier molecular flexibility index (Phi) is 3.09. The van der Waals surface area contributed by atoms with E-state index in [9.17, 15) is 4.79 Å². The molecule has 1 aliphatic rings. The van der Waals surface area contributed by atoms with Gasteiger partial charge in [0.1, 0.15) is 6.04 Å². The monoisotopic (exact) mass is 171 g/mol. The van der Waals surface area contributed by atoms with Crippen molar-refractivity contribution >= 4 is 5.97 Å². The lowest BCUT2D eigenvalue weighted by Crippen LogP contribution is -2.43. The van der Waals surface area contributed by atoms with Crippen LogP contribution in [0.15, 0.2) is 0 Å². The van der Waals surface area contributed by atoms with Crippen LogP contribution in [0.3, 0.4) is 0 Å². The van der Waals surface area contributed by atoms with Gasteiger partial charge in [0, 0.05) is 6.04 Å². The molecule has 1 rings (SSSR count). The van der Waals surface area contributed by atoms with Gasteiger partial charge in [0.05, 0.1) is 7.11 Å². The van der Waals surface area contributed by atoms with Crippen molar-refractivity contribution in [3.8, 4) is 0 Å². The molecule has 0 radical (unpaired) electrons. The average Bonchev–Trinajstić information content (AvgIpc) is 2.81. The van der Waals surface area contributed by atoms with Gasteiger partial charge in [0.25, 0.3) is 0 Å². The first kappa shape index (κ1) is 9.52. The van der Waals surface area contributed by atoms with E-state index in [0.717, 1.165) is 12.8 Å². The molecule has 0 aromatic carbocycles. The van der Waals surface area contributed by atoms with E-state index in [-0.39, 0.29) is 12.0 Å². The van der Waals surface area contributed by atoms with Crippen molar-refractivity contribution in [2.45, 2.75) is 38.8 Å². The van der Waals surface area contributed by atoms with Crippen molar-refractivity contribution in [3.05, 3.63) is 0 Å². The van der Waals surface area contributed by atoms with Gasteiger partial charge in [-0.1, -0.05) is 13.8 Å². The molecule has 0 aliphatic heterocycles. The van der Waals surface area contributed by atoms with Crippen LogP contribution in [0.4, 0.5) is 0 Å². The van der Waals surface area contributed by atoms with Gasteiger partial charge in [-0.05, 0) is 18.8 Å². The Morgan fingerprint density at radius 1 is 1.50 bits per heavy atom. The van der Waals surface area contributed by atoms with Crippen LogP contribution in [0.5, 0.6) is 0 Å². The van der Waals surface area contributed by atoms with Gasteiger partial charge in [0.2, 0.25) is 0 Å². The van der Waals surface area contributed by atoms with Gasteiger partial charge in [-0.2, -0.15) is 0 Å². The molecule has 0 heterocycles. The summed E-state index contributed by atoms with van der Waals surface area (Å²) < 4.78 is 4.71. The van der Waals surface area contributed by atoms with E-state index in [2.05, 4.69) is 5.32 Å². The van der Waals surface area contributed by atoms with E-state index in [1.54, 1.807) is 0 Å². The molecule has 1 saturated carbocycles. The molecule has 1 unspecified atom stereocenters. The highest BCUT2D eigenvalue weighted by atomic mass is 16.5. The fraction of sp³-hybridized carbons (Fsp3) is 0.889. The number of hydrogen-bond acceptors (Lipinski definition) is 3. The molecular formula is C9H17NO2. The summed E-state index contributed by atoms with van der Waals surface area (Å²) in [5, 5.41) is 3.22. The molecule has 0 aromatic rings. The summed E-state index contributed by atoms with van der Waals surface area (Å²) >= 11 is 0. The zero-order valence-electron chi connectivity index (χ0n) is 7.96. The summed E-state index contributed by atoms with van der Waals surface area (Å²) in [4.78, 5) is 11.2. The van der Waals surface area contributed by atoms with Crippen LogP contribution in [-0.4, -0.2) is 25.2 Å². The minimum absolute atomic E-state index is 0.0741. The summed E-state index contributed by atoms with van der Waals surface area (Å²) in [7, 11) is 1.44. The predicted molar refractivity (Wildman–Crippen MR) is 46.8 cm³/mol. The van der Waals surface area contributed by atoms with Crippen molar-refractivity contribution in [2.24, 2.45) is 5.92 Å². The molecule has 0 saturated heterocycles. The third-order valence-corrected chi connectivity index (χ3v) is 2.06. The number of nitrogens with one attached hydrogen (secondary N) is 1. The average molecular weight is 171 g/mol. The van der Waals surface area contributed by atoms with E-state index in [1.807, 2.05) is 13.8 Å². The summed E-state index contributed by atoms with van der Waals surface area (Å²) in [5.74, 6) is 0.394. The molecule has 1 fully saturated rings. The quantitative estimate of drug-likeness (QED) is 0.640. The predicted octanol–water partition coefficient (Wildman–Crippen LogP) is 0.936. The SMILES string of the molecule is COC(=O)C(NC(C)C)C1CC1. The number of ether oxygens (including phenoxy) is 1. The number of hydrogen-bond donors (Lipinski definition) is 1. The van der Waals surface area contributed by atoms with E-state index in [4.69, 9.17) is 4.74 Å². The molecule has 0 bridgehead atoms. The van der Waals surface area contributed by atoms with Crippen LogP contribution >= 0.6 is 0 Å². The summed E-state index contributed by atoms with van der Waals surface area (Å²) in [6.45, 7) is 4.08. The third-order valence-electron chi connectivity index (χ3n) is 2.06. The summed E-state index contributed by atoms with van der Waals surface area (Å²) in [5.41, 5.74) is 0. The summed E-state index contributed by atoms with van der Waals surface area (Å²) in [6, 6.07) is 0.268. The molecular weight excluding hydrogens is 154 g/mol. The fourth-order valence-corrected chi connectivity index (χ4v) is 1.31. The molecule has 3 heteroatoms. The van der Waals surface area contributed by atoms with Gasteiger partial charge in [-0.3, -0.25) is 4.79 Å². The van der Waals surface area contributed by atoms with Crippen molar-refractivity contribution in [1.82, 2.24) is 5.32 Å². The fourth-order valence-electron chi connectivity index (χ4n) is 1.31. The van der Waals surface area contributed by atoms with Gasteiger partial charge in [0.15, 0.2) is 0 Å². The standard InChI is InChI=1S/C9H17NO2/c1-6(2)10-8(7-4-5-7)9(11)12-3/h6-8,10H,4-5H2,1-3H3. The molecule has 0 aromatic heterocycles. The van der Waals surface area contributed by atoms with Crippen LogP contribution in [0.2, 0.25) is 0 Å². The highest BCUT2D eigenvalue weighted by Crippen LogP contribution is 2.33. The number of esters is 1. The second-order valence-corrected chi connectivity index (χ2v) is 3.66. The second kappa shape index (κ2) is 3.90. The molecule has 1 atom stereocenters. The molecule has 12 heavy (non-hydrogen) atoms. The largest absolute Gasteiger partial charge is 0.468 e. The molecule has 1 N–H and O–H groups in total. The highest BCUT2D eigenvalue weighted by Gasteiger charge is 2.36. The lowest BCUT2D eigenvalue weighted by Gasteiger charge is -2.18. The minimum Gasteiger partial charge on any atom is -0.468 e. The normalized spacial score (nSPS) is 19.3. The Labute approximate surface area is 73.5 Å². The zero-order chi connectivity index (χ0) is 9.14. The van der Waals surface area contributed by atoms with E-state index in [0.29, 0.717) is 12.0 Å². The van der Waals surface area contributed by atoms with Gasteiger partial charge < -0.3 is 10.1 Å². The van der Waals surface area contributed by atoms with Crippen LogP contribution in [0, 0.1) is 5.92 Å². The Morgan fingerprint density at radius 3 is 2.42 bits per heavy atom. The molecule has 70 valence electrons. The van der Waals surface area contributed by atoms with Crippen LogP contribution in [-0.2, 0) is 9.53 Å². The molecule has 0 spiro atoms. The number of methoxy groups -OCH3 is 1. The van der Waals surface area contributed by atoms with Crippen LogP contribution in [0.1, 0.15) is 26.7 Å². The van der Waals surface area contributed by atoms with E-state index < -0.39 is 0 Å². The smallest absolute Gasteiger partial charge is 0.323 e. The number of rotatable bonds is 4. The lowest BCUT2D eigenvalue weighted by atomic mass is 10.1. The van der Waals surface area contributed by atoms with Crippen LogP contribution in [0.25, 0.3) is 0 Å². The Bertz CT molecular complexity index is 164. The topological polar surface area (TPSA) is 38.3 Å². The van der Waals surface area contributed by atoms with Crippen molar-refractivity contribution < 1.29 is 9.53 Å². The maximum atomic E-state index is 11.2. The highest BCUT2D eigenvalue weighted by molar-refractivity contribution is 5.76. The van der Waals surface area contributed by atoms with Gasteiger partial charge in [-0.25, -0.2) is 0 Å². The first-order valence-corrected chi connectivity index (χ1v) is 4.49. The molecule has 0 amide bonds. The zero-order valence-corrected chi connectivity index (χ0v) is 7.96. The first-order valence-electron chi connectivity index (χ1n) is 4.49. The Hall–Kier alpha value is -0.570. The van der Waals surface area contributed by atoms with Crippen LogP contribution < -0.4 is 5.32 Å². The lowest BCUT2D eigenvalue weighted by molar-refractivity contribution is -0.143. The number of carbonyl (C=O) groups is 1. The van der Waals surface area contributed by atoms with E-state index in [1.165, 1.54) is 7.11 Å². The maximum Gasteiger partial charge on any atom is 0.323 e. The third kappa shape index (κ3) is 2.48. The number of carbonyl (C=O) groups excluding carboxylic acids is 1. The van der Waals surface area contributed by atoms with Crippen molar-refractivity contribution in [1.29, 1.82) is 0 Å². The first-order chi connectivity index (χ1) is 5.65. The van der Waals surface area contributed by atoms with Crippen molar-refractivity contribution in [2.75, 3.05) is 7.11 Å². The minimum atomic E-state index is -0.119. The molecule has 1 aliphatic carbocycles. The molecule has 3 nitrogen and oxygen atoms in total. The van der Waals surface area contributed by atoms with Gasteiger partial charge in [-0.15, -0.1) is 0 Å². The Morgan fingerprint density at radius 2 is 2.08 bits per heavy atom. The van der Waals surface area contributed by atoms with E-state index >= 15 is 0 Å².